The van der Waals surface area contributed by atoms with E-state index in [2.05, 4.69) is 48.8 Å². The first-order valence-corrected chi connectivity index (χ1v) is 22.4. The molecule has 0 radical (unpaired) electrons. The van der Waals surface area contributed by atoms with Gasteiger partial charge in [-0.15, -0.1) is 11.6 Å². The minimum atomic E-state index is -1.16. The van der Waals surface area contributed by atoms with Gasteiger partial charge in [0.25, 0.3) is 0 Å². The summed E-state index contributed by atoms with van der Waals surface area (Å²) in [5.41, 5.74) is 27.1. The molecule has 0 aliphatic heterocycles. The van der Waals surface area contributed by atoms with E-state index in [1.165, 1.54) is 64.2 Å². The molecule has 0 heterocycles. The summed E-state index contributed by atoms with van der Waals surface area (Å²) < 4.78 is 0. The number of hydrogen-bond donors (Lipinski definition) is 11. The van der Waals surface area contributed by atoms with Crippen LogP contribution in [0.25, 0.3) is 0 Å². The second-order valence-corrected chi connectivity index (χ2v) is 15.3. The Bertz CT molecular complexity index is 1360. The molecular weight excluding hydrogens is 810 g/mol. The van der Waals surface area contributed by atoms with Gasteiger partial charge in [-0.1, -0.05) is 84.0 Å². The average Bonchev–Trinajstić information content (AvgIpc) is 3.21. The number of alkyl halides is 1. The second kappa shape index (κ2) is 36.9. The quantitative estimate of drug-likeness (QED) is 0.0173. The Morgan fingerprint density at radius 2 is 0.934 bits per heavy atom. The van der Waals surface area contributed by atoms with Crippen LogP contribution in [0.15, 0.2) is 9.98 Å². The Hall–Kier alpha value is -4.88. The Morgan fingerprint density at radius 1 is 0.475 bits per heavy atom. The summed E-state index contributed by atoms with van der Waals surface area (Å²) in [6, 6.07) is -3.34. The number of halogens is 1. The van der Waals surface area contributed by atoms with Gasteiger partial charge in [0.1, 0.15) is 24.0 Å². The van der Waals surface area contributed by atoms with Crippen LogP contribution < -0.4 is 60.6 Å². The number of guanidine groups is 2. The van der Waals surface area contributed by atoms with Crippen molar-refractivity contribution in [3.8, 4) is 0 Å². The van der Waals surface area contributed by atoms with Crippen molar-refractivity contribution in [2.45, 2.75) is 160 Å². The Balaban J connectivity index is 4.96. The summed E-state index contributed by atoms with van der Waals surface area (Å²) >= 11 is 5.44. The monoisotopic (exact) mass is 886 g/mol. The zero-order chi connectivity index (χ0) is 45.7. The zero-order valence-electron chi connectivity index (χ0n) is 36.3. The summed E-state index contributed by atoms with van der Waals surface area (Å²) in [6.45, 7) is 1.93. The van der Waals surface area contributed by atoms with Crippen LogP contribution in [-0.2, 0) is 33.6 Å². The summed E-state index contributed by atoms with van der Waals surface area (Å²) in [6.07, 6.45) is 18.4. The summed E-state index contributed by atoms with van der Waals surface area (Å²) in [7, 11) is 0. The molecule has 0 spiro atoms. The molecule has 0 aliphatic carbocycles. The van der Waals surface area contributed by atoms with E-state index in [1.54, 1.807) is 0 Å². The van der Waals surface area contributed by atoms with Gasteiger partial charge in [-0.2, -0.15) is 0 Å². The first kappa shape index (κ1) is 56.1. The number of primary amides is 1. The molecule has 0 aromatic carbocycles. The molecule has 20 nitrogen and oxygen atoms in total. The maximum atomic E-state index is 13.4. The molecule has 21 heteroatoms. The number of nitrogens with one attached hydrogen (secondary N) is 6. The van der Waals surface area contributed by atoms with E-state index in [1.807, 2.05) is 0 Å². The Kier molecular flexibility index (Phi) is 34.0. The molecule has 0 bridgehead atoms. The number of carbonyl (C=O) groups excluding carboxylic acids is 7. The van der Waals surface area contributed by atoms with Gasteiger partial charge < -0.3 is 60.6 Å². The average molecular weight is 887 g/mol. The van der Waals surface area contributed by atoms with Gasteiger partial charge in [0.15, 0.2) is 11.9 Å². The third-order valence-electron chi connectivity index (χ3n) is 9.59. The molecule has 3 atom stereocenters. The number of carbonyl (C=O) groups is 7. The van der Waals surface area contributed by atoms with Gasteiger partial charge in [-0.05, 0) is 51.4 Å². The molecule has 0 aromatic heterocycles. The summed E-state index contributed by atoms with van der Waals surface area (Å²) in [4.78, 5) is 95.7. The SMILES string of the molecule is CCCCCCCCCCCCCCCC(=O)NCCCC[C@H](NC(=O)[C@H](CCCN=C(N)N)NC(=O)CNC(=O)[C@H](CCCN=C(N)N)NC(=O)CNC(=O)CCl)C(N)=O. The van der Waals surface area contributed by atoms with Crippen molar-refractivity contribution >= 4 is 64.9 Å². The van der Waals surface area contributed by atoms with Gasteiger partial charge >= 0.3 is 0 Å². The molecule has 0 rings (SSSR count). The summed E-state index contributed by atoms with van der Waals surface area (Å²) in [5.74, 6) is -4.89. The van der Waals surface area contributed by atoms with E-state index in [9.17, 15) is 33.6 Å². The van der Waals surface area contributed by atoms with Crippen molar-refractivity contribution in [1.82, 2.24) is 31.9 Å². The van der Waals surface area contributed by atoms with E-state index >= 15 is 0 Å². The van der Waals surface area contributed by atoms with Crippen LogP contribution in [-0.4, -0.2) is 110 Å². The van der Waals surface area contributed by atoms with Crippen LogP contribution in [0.5, 0.6) is 0 Å². The topological polar surface area (TPSA) is 346 Å². The minimum Gasteiger partial charge on any atom is -0.370 e. The van der Waals surface area contributed by atoms with E-state index in [4.69, 9.17) is 40.3 Å². The van der Waals surface area contributed by atoms with Gasteiger partial charge in [-0.3, -0.25) is 43.5 Å². The number of nitrogens with two attached hydrogens (primary N) is 5. The van der Waals surface area contributed by atoms with E-state index in [-0.39, 0.29) is 68.9 Å². The predicted octanol–water partition coefficient (Wildman–Crippen LogP) is 0.272. The maximum Gasteiger partial charge on any atom is 0.243 e. The number of hydrogen-bond acceptors (Lipinski definition) is 9. The van der Waals surface area contributed by atoms with Gasteiger partial charge in [0.2, 0.25) is 41.4 Å². The smallest absolute Gasteiger partial charge is 0.243 e. The van der Waals surface area contributed by atoms with Crippen molar-refractivity contribution in [1.29, 1.82) is 0 Å². The minimum absolute atomic E-state index is 0.0189. The number of nitrogens with zero attached hydrogens (tertiary/aromatic N) is 2. The molecule has 61 heavy (non-hydrogen) atoms. The number of aliphatic imine (C=N–C) groups is 2. The first-order chi connectivity index (χ1) is 29.2. The van der Waals surface area contributed by atoms with Crippen LogP contribution in [0.1, 0.15) is 142 Å². The van der Waals surface area contributed by atoms with E-state index < -0.39 is 66.7 Å². The third kappa shape index (κ3) is 33.5. The molecule has 7 amide bonds. The number of unbranched alkanes of at least 4 members (excludes halogenated alkanes) is 13. The predicted molar refractivity (Wildman–Crippen MR) is 239 cm³/mol. The number of rotatable bonds is 38. The zero-order valence-corrected chi connectivity index (χ0v) is 37.1. The molecule has 0 aromatic rings. The molecule has 0 aliphatic rings. The van der Waals surface area contributed by atoms with Crippen molar-refractivity contribution in [3.05, 3.63) is 0 Å². The van der Waals surface area contributed by atoms with Crippen LogP contribution in [0.3, 0.4) is 0 Å². The van der Waals surface area contributed by atoms with Crippen molar-refractivity contribution in [3.63, 3.8) is 0 Å². The highest BCUT2D eigenvalue weighted by atomic mass is 35.5. The Labute approximate surface area is 366 Å². The third-order valence-corrected chi connectivity index (χ3v) is 9.84. The van der Waals surface area contributed by atoms with Crippen molar-refractivity contribution < 1.29 is 33.6 Å². The fraction of sp³-hybridized carbons (Fsp3) is 0.775. The van der Waals surface area contributed by atoms with Crippen LogP contribution in [0.4, 0.5) is 0 Å². The number of amides is 7. The lowest BCUT2D eigenvalue weighted by Crippen LogP contribution is -2.55. The molecule has 0 fully saturated rings. The lowest BCUT2D eigenvalue weighted by molar-refractivity contribution is -0.132. The Morgan fingerprint density at radius 3 is 1.41 bits per heavy atom. The lowest BCUT2D eigenvalue weighted by atomic mass is 10.0. The lowest BCUT2D eigenvalue weighted by Gasteiger charge is -2.22. The van der Waals surface area contributed by atoms with Gasteiger partial charge in [0.05, 0.1) is 13.1 Å². The fourth-order valence-electron chi connectivity index (χ4n) is 6.20. The van der Waals surface area contributed by atoms with Crippen LogP contribution >= 0.6 is 11.6 Å². The van der Waals surface area contributed by atoms with E-state index in [0.717, 1.165) is 19.3 Å². The normalized spacial score (nSPS) is 12.2. The molecule has 0 unspecified atom stereocenters. The fourth-order valence-corrected chi connectivity index (χ4v) is 6.30. The molecule has 0 saturated carbocycles. The van der Waals surface area contributed by atoms with Crippen LogP contribution in [0.2, 0.25) is 0 Å². The molecular formula is C40H76ClN13O7. The van der Waals surface area contributed by atoms with Crippen molar-refractivity contribution in [2.24, 2.45) is 38.7 Å². The standard InChI is InChI=1S/C40H76ClN13O7/c1-2-3-4-5-6-7-8-9-10-11-12-13-14-22-32(55)47-23-16-15-19-29(36(42)59)54-38(61)31(21-18-25-49-40(45)46)53-35(58)28-51-37(60)30(20-17-24-48-39(43)44)52-34(57)27-50-33(56)26-41/h29-31H,2-28H2,1H3,(H2,42,59)(H,47,55)(H,50,56)(H,51,60)(H,52,57)(H,53,58)(H,54,61)(H4,43,44,48)(H4,45,46,49)/t29-,30-,31-/m0/s1. The highest BCUT2D eigenvalue weighted by molar-refractivity contribution is 6.27. The second-order valence-electron chi connectivity index (χ2n) is 15.1. The molecule has 16 N–H and O–H groups in total. The van der Waals surface area contributed by atoms with Crippen molar-refractivity contribution in [2.75, 3.05) is 38.6 Å². The largest absolute Gasteiger partial charge is 0.370 e. The van der Waals surface area contributed by atoms with Gasteiger partial charge in [-0.25, -0.2) is 0 Å². The molecule has 0 saturated heterocycles. The maximum absolute atomic E-state index is 13.4. The van der Waals surface area contributed by atoms with Crippen LogP contribution in [0, 0.1) is 0 Å². The van der Waals surface area contributed by atoms with Gasteiger partial charge in [0, 0.05) is 26.1 Å². The highest BCUT2D eigenvalue weighted by Gasteiger charge is 2.26. The first-order valence-electron chi connectivity index (χ1n) is 21.9. The molecule has 350 valence electrons. The highest BCUT2D eigenvalue weighted by Crippen LogP contribution is 2.13. The van der Waals surface area contributed by atoms with E-state index in [0.29, 0.717) is 25.8 Å². The summed E-state index contributed by atoms with van der Waals surface area (Å²) in [5, 5.41) is 15.3.